The lowest BCUT2D eigenvalue weighted by molar-refractivity contribution is -0.0782. The molecule has 2 fully saturated rings. The Hall–Kier alpha value is -0.120. The highest BCUT2D eigenvalue weighted by molar-refractivity contribution is 5.03. The smallest absolute Gasteiger partial charge is 0.0621 e. The maximum Gasteiger partial charge on any atom is 0.0621 e. The van der Waals surface area contributed by atoms with Gasteiger partial charge < -0.3 is 15.3 Å². The largest absolute Gasteiger partial charge is 0.392 e. The summed E-state index contributed by atoms with van der Waals surface area (Å²) in [6.45, 7) is 12.7. The van der Waals surface area contributed by atoms with Gasteiger partial charge in [0.25, 0.3) is 0 Å². The van der Waals surface area contributed by atoms with E-state index in [0.717, 1.165) is 12.3 Å². The van der Waals surface area contributed by atoms with Crippen molar-refractivity contribution in [3.05, 3.63) is 0 Å². The topological polar surface area (TPSA) is 35.5 Å². The van der Waals surface area contributed by atoms with Crippen LogP contribution in [0.25, 0.3) is 0 Å². The third kappa shape index (κ3) is 3.32. The molecule has 112 valence electrons. The molecule has 0 aromatic carbocycles. The number of rotatable bonds is 5. The minimum atomic E-state index is -0.125. The molecule has 0 aromatic rings. The first-order valence-corrected chi connectivity index (χ1v) is 8.11. The first-order valence-electron chi connectivity index (χ1n) is 8.11. The average Bonchev–Trinajstić information content (AvgIpc) is 2.39. The monoisotopic (exact) mass is 268 g/mol. The SMILES string of the molecule is CCCN1CCCC(C(C)NC2CC(O)C2(C)C)C1. The summed E-state index contributed by atoms with van der Waals surface area (Å²) in [5.41, 5.74) is 0.0477. The number of likely N-dealkylation sites (tertiary alicyclic amines) is 1. The Morgan fingerprint density at radius 1 is 1.42 bits per heavy atom. The van der Waals surface area contributed by atoms with E-state index < -0.39 is 0 Å². The Kier molecular flexibility index (Phi) is 4.91. The minimum Gasteiger partial charge on any atom is -0.392 e. The van der Waals surface area contributed by atoms with Gasteiger partial charge in [-0.15, -0.1) is 0 Å². The molecule has 1 aliphatic heterocycles. The van der Waals surface area contributed by atoms with Crippen LogP contribution in [-0.2, 0) is 0 Å². The zero-order valence-electron chi connectivity index (χ0n) is 13.2. The van der Waals surface area contributed by atoms with Gasteiger partial charge in [-0.25, -0.2) is 0 Å². The molecule has 2 N–H and O–H groups in total. The fourth-order valence-electron chi connectivity index (χ4n) is 3.66. The van der Waals surface area contributed by atoms with Gasteiger partial charge in [0.1, 0.15) is 0 Å². The van der Waals surface area contributed by atoms with E-state index in [-0.39, 0.29) is 11.5 Å². The molecule has 2 aliphatic rings. The Morgan fingerprint density at radius 3 is 2.74 bits per heavy atom. The molecule has 3 nitrogen and oxygen atoms in total. The summed E-state index contributed by atoms with van der Waals surface area (Å²) < 4.78 is 0. The van der Waals surface area contributed by atoms with Gasteiger partial charge in [-0.2, -0.15) is 0 Å². The summed E-state index contributed by atoms with van der Waals surface area (Å²) in [6.07, 6.45) is 4.75. The Labute approximate surface area is 118 Å². The molecule has 1 saturated heterocycles. The van der Waals surface area contributed by atoms with Gasteiger partial charge in [0, 0.05) is 24.0 Å². The second-order valence-electron chi connectivity index (χ2n) is 7.28. The zero-order chi connectivity index (χ0) is 14.0. The van der Waals surface area contributed by atoms with Crippen LogP contribution >= 0.6 is 0 Å². The van der Waals surface area contributed by atoms with Gasteiger partial charge in [-0.1, -0.05) is 20.8 Å². The van der Waals surface area contributed by atoms with Gasteiger partial charge in [-0.05, 0) is 51.6 Å². The molecule has 0 radical (unpaired) electrons. The number of nitrogens with one attached hydrogen (secondary N) is 1. The van der Waals surface area contributed by atoms with Crippen LogP contribution in [0.4, 0.5) is 0 Å². The Bertz CT molecular complexity index is 290. The lowest BCUT2D eigenvalue weighted by Crippen LogP contribution is -2.63. The van der Waals surface area contributed by atoms with E-state index in [4.69, 9.17) is 0 Å². The summed E-state index contributed by atoms with van der Waals surface area (Å²) in [5, 5.41) is 13.6. The van der Waals surface area contributed by atoms with Crippen molar-refractivity contribution in [1.82, 2.24) is 10.2 Å². The molecule has 1 heterocycles. The molecule has 2 rings (SSSR count). The predicted octanol–water partition coefficient (Wildman–Crippen LogP) is 2.25. The van der Waals surface area contributed by atoms with Gasteiger partial charge >= 0.3 is 0 Å². The van der Waals surface area contributed by atoms with Crippen LogP contribution < -0.4 is 5.32 Å². The van der Waals surface area contributed by atoms with Crippen LogP contribution in [-0.4, -0.2) is 47.8 Å². The summed E-state index contributed by atoms with van der Waals surface area (Å²) in [5.74, 6) is 0.772. The highest BCUT2D eigenvalue weighted by atomic mass is 16.3. The van der Waals surface area contributed by atoms with Crippen molar-refractivity contribution in [2.24, 2.45) is 11.3 Å². The fraction of sp³-hybridized carbons (Fsp3) is 1.00. The molecular formula is C16H32N2O. The maximum absolute atomic E-state index is 9.83. The Balaban J connectivity index is 1.81. The van der Waals surface area contributed by atoms with Crippen molar-refractivity contribution in [3.63, 3.8) is 0 Å². The van der Waals surface area contributed by atoms with Gasteiger partial charge in [0.2, 0.25) is 0 Å². The first-order chi connectivity index (χ1) is 8.95. The van der Waals surface area contributed by atoms with Crippen molar-refractivity contribution in [1.29, 1.82) is 0 Å². The number of hydrogen-bond donors (Lipinski definition) is 2. The van der Waals surface area contributed by atoms with Crippen molar-refractivity contribution in [3.8, 4) is 0 Å². The van der Waals surface area contributed by atoms with Crippen LogP contribution in [0, 0.1) is 11.3 Å². The molecule has 0 amide bonds. The molecule has 0 bridgehead atoms. The molecule has 0 aromatic heterocycles. The normalized spacial score (nSPS) is 36.8. The zero-order valence-corrected chi connectivity index (χ0v) is 13.2. The van der Waals surface area contributed by atoms with Crippen LogP contribution in [0.2, 0.25) is 0 Å². The van der Waals surface area contributed by atoms with Gasteiger partial charge in [0.05, 0.1) is 6.10 Å². The Morgan fingerprint density at radius 2 is 2.16 bits per heavy atom. The molecular weight excluding hydrogens is 236 g/mol. The van der Waals surface area contributed by atoms with Crippen LogP contribution in [0.3, 0.4) is 0 Å². The second-order valence-corrected chi connectivity index (χ2v) is 7.28. The van der Waals surface area contributed by atoms with Crippen LogP contribution in [0.1, 0.15) is 53.4 Å². The van der Waals surface area contributed by atoms with Crippen molar-refractivity contribution in [2.45, 2.75) is 71.6 Å². The standard InChI is InChI=1S/C16H32N2O/c1-5-8-18-9-6-7-13(11-18)12(2)17-14-10-15(19)16(14,3)4/h12-15,17,19H,5-11H2,1-4H3. The molecule has 1 saturated carbocycles. The molecule has 4 unspecified atom stereocenters. The molecule has 3 heteroatoms. The molecule has 1 aliphatic carbocycles. The van der Waals surface area contributed by atoms with Crippen molar-refractivity contribution in [2.75, 3.05) is 19.6 Å². The maximum atomic E-state index is 9.83. The number of aliphatic hydroxyl groups is 1. The summed E-state index contributed by atoms with van der Waals surface area (Å²) in [4.78, 5) is 2.62. The fourth-order valence-corrected chi connectivity index (χ4v) is 3.66. The van der Waals surface area contributed by atoms with Gasteiger partial charge in [0.15, 0.2) is 0 Å². The van der Waals surface area contributed by atoms with E-state index in [9.17, 15) is 5.11 Å². The average molecular weight is 268 g/mol. The van der Waals surface area contributed by atoms with E-state index in [2.05, 4.69) is 37.9 Å². The van der Waals surface area contributed by atoms with E-state index in [0.29, 0.717) is 12.1 Å². The number of nitrogens with zero attached hydrogens (tertiary/aromatic N) is 1. The van der Waals surface area contributed by atoms with E-state index in [1.165, 1.54) is 38.9 Å². The van der Waals surface area contributed by atoms with Crippen molar-refractivity contribution >= 4 is 0 Å². The predicted molar refractivity (Wildman–Crippen MR) is 80.2 cm³/mol. The lowest BCUT2D eigenvalue weighted by atomic mass is 9.64. The molecule has 0 spiro atoms. The third-order valence-electron chi connectivity index (χ3n) is 5.47. The van der Waals surface area contributed by atoms with E-state index in [1.807, 2.05) is 0 Å². The lowest BCUT2D eigenvalue weighted by Gasteiger charge is -2.51. The number of hydrogen-bond acceptors (Lipinski definition) is 3. The second kappa shape index (κ2) is 6.11. The van der Waals surface area contributed by atoms with Gasteiger partial charge in [-0.3, -0.25) is 0 Å². The molecule has 19 heavy (non-hydrogen) atoms. The number of aliphatic hydroxyl groups excluding tert-OH is 1. The first kappa shape index (κ1) is 15.3. The highest BCUT2D eigenvalue weighted by Crippen LogP contribution is 2.41. The highest BCUT2D eigenvalue weighted by Gasteiger charge is 2.47. The van der Waals surface area contributed by atoms with Crippen LogP contribution in [0.5, 0.6) is 0 Å². The summed E-state index contributed by atoms with van der Waals surface area (Å²) >= 11 is 0. The van der Waals surface area contributed by atoms with E-state index in [1.54, 1.807) is 0 Å². The number of piperidine rings is 1. The summed E-state index contributed by atoms with van der Waals surface area (Å²) in [7, 11) is 0. The van der Waals surface area contributed by atoms with E-state index >= 15 is 0 Å². The quantitative estimate of drug-likeness (QED) is 0.803. The minimum absolute atomic E-state index is 0.0477. The third-order valence-corrected chi connectivity index (χ3v) is 5.47. The summed E-state index contributed by atoms with van der Waals surface area (Å²) in [6, 6.07) is 1.05. The molecule has 4 atom stereocenters. The van der Waals surface area contributed by atoms with Crippen molar-refractivity contribution < 1.29 is 5.11 Å². The van der Waals surface area contributed by atoms with Crippen LogP contribution in [0.15, 0.2) is 0 Å².